The van der Waals surface area contributed by atoms with Gasteiger partial charge in [-0.3, -0.25) is 9.59 Å². The van der Waals surface area contributed by atoms with Crippen molar-refractivity contribution in [3.05, 3.63) is 177 Å². The lowest BCUT2D eigenvalue weighted by Gasteiger charge is -2.19. The molecule has 0 spiro atoms. The average Bonchev–Trinajstić information content (AvgIpc) is 3.93. The zero-order valence-electron chi connectivity index (χ0n) is 32.2. The number of fused-ring (bicyclic) bond motifs is 6. The van der Waals surface area contributed by atoms with Crippen LogP contribution in [0.5, 0.6) is 0 Å². The van der Waals surface area contributed by atoms with Gasteiger partial charge in [-0.05, 0) is 81.8 Å². The lowest BCUT2D eigenvalue weighted by atomic mass is 9.94. The van der Waals surface area contributed by atoms with Crippen molar-refractivity contribution in [1.82, 2.24) is 0 Å². The fraction of sp³-hybridized carbons (Fsp3) is 0.0943. The van der Waals surface area contributed by atoms with Gasteiger partial charge in [0.1, 0.15) is 11.1 Å². The maximum atomic E-state index is 14.3. The molecule has 6 aromatic carbocycles. The first-order valence-corrected chi connectivity index (χ1v) is 19.3. The highest BCUT2D eigenvalue weighted by molar-refractivity contribution is 6.57. The predicted molar refractivity (Wildman–Crippen MR) is 230 cm³/mol. The highest BCUT2D eigenvalue weighted by Crippen LogP contribution is 2.56. The smallest absolute Gasteiger partial charge is 0.344 e. The van der Waals surface area contributed by atoms with E-state index >= 15 is 0 Å². The molecule has 0 aromatic heterocycles. The number of carbonyl (C=O) groups excluding carboxylic acids is 4. The Kier molecular flexibility index (Phi) is 7.92. The molecule has 0 aliphatic heterocycles. The Balaban J connectivity index is 1.03. The van der Waals surface area contributed by atoms with E-state index in [9.17, 15) is 19.2 Å². The van der Waals surface area contributed by atoms with Gasteiger partial charge in [0.15, 0.2) is 11.7 Å². The third-order valence-corrected chi connectivity index (χ3v) is 11.4. The van der Waals surface area contributed by atoms with Gasteiger partial charge in [0, 0.05) is 39.0 Å². The fourth-order valence-electron chi connectivity index (χ4n) is 8.86. The number of ether oxygens (including phenoxy) is 2. The number of hydrogen-bond acceptors (Lipinski definition) is 6. The van der Waals surface area contributed by atoms with E-state index in [1.54, 1.807) is 20.8 Å². The largest absolute Gasteiger partial charge is 0.446 e. The van der Waals surface area contributed by atoms with Gasteiger partial charge in [-0.2, -0.15) is 0 Å². The van der Waals surface area contributed by atoms with E-state index in [4.69, 9.17) is 15.9 Å². The maximum Gasteiger partial charge on any atom is 0.344 e. The molecule has 0 heterocycles. The van der Waals surface area contributed by atoms with Crippen LogP contribution in [0, 0.1) is 24.2 Å². The Morgan fingerprint density at radius 3 is 1.66 bits per heavy atom. The highest BCUT2D eigenvalue weighted by atomic mass is 16.6. The maximum absolute atomic E-state index is 14.3. The van der Waals surface area contributed by atoms with Crippen LogP contribution >= 0.6 is 0 Å². The van der Waals surface area contributed by atoms with Crippen molar-refractivity contribution >= 4 is 78.5 Å². The van der Waals surface area contributed by atoms with Crippen molar-refractivity contribution in [1.29, 1.82) is 0 Å². The number of carbonyl (C=O) groups is 4. The Bertz CT molecular complexity index is 3200. The summed E-state index contributed by atoms with van der Waals surface area (Å²) in [4.78, 5) is 56.5. The molecule has 0 N–H and O–H groups in total. The summed E-state index contributed by atoms with van der Waals surface area (Å²) in [5.74, 6) is 6.48. The minimum atomic E-state index is -1.23. The van der Waals surface area contributed by atoms with Gasteiger partial charge in [-0.1, -0.05) is 139 Å². The van der Waals surface area contributed by atoms with Crippen LogP contribution in [-0.4, -0.2) is 35.2 Å². The molecule has 280 valence electrons. The van der Waals surface area contributed by atoms with Crippen LogP contribution in [0.4, 0.5) is 0 Å². The Morgan fingerprint density at radius 1 is 0.576 bits per heavy atom. The zero-order chi connectivity index (χ0) is 40.7. The van der Waals surface area contributed by atoms with E-state index in [2.05, 4.69) is 17.8 Å². The van der Waals surface area contributed by atoms with E-state index in [-0.39, 0.29) is 16.9 Å². The Labute approximate surface area is 340 Å². The molecule has 6 nitrogen and oxygen atoms in total. The molecule has 4 aliphatic carbocycles. The van der Waals surface area contributed by atoms with Crippen molar-refractivity contribution in [2.45, 2.75) is 32.5 Å². The lowest BCUT2D eigenvalue weighted by molar-refractivity contribution is -0.147. The third-order valence-electron chi connectivity index (χ3n) is 11.4. The van der Waals surface area contributed by atoms with E-state index < -0.39 is 29.4 Å². The second kappa shape index (κ2) is 13.1. The van der Waals surface area contributed by atoms with E-state index in [0.717, 1.165) is 49.4 Å². The van der Waals surface area contributed by atoms with Crippen molar-refractivity contribution in [3.63, 3.8) is 0 Å². The molecule has 0 radical (unpaired) electrons. The Hall–Kier alpha value is -7.80. The molecule has 4 aliphatic rings. The molecule has 1 unspecified atom stereocenters. The van der Waals surface area contributed by atoms with Crippen LogP contribution in [-0.2, 0) is 28.7 Å². The number of benzene rings is 6. The lowest BCUT2D eigenvalue weighted by Crippen LogP contribution is -2.28. The monoisotopic (exact) mass is 764 g/mol. The van der Waals surface area contributed by atoms with Crippen molar-refractivity contribution in [2.24, 2.45) is 0 Å². The summed E-state index contributed by atoms with van der Waals surface area (Å²) in [5, 5.41) is 3.66. The van der Waals surface area contributed by atoms with Gasteiger partial charge >= 0.3 is 11.9 Å². The van der Waals surface area contributed by atoms with Crippen LogP contribution in [0.3, 0.4) is 0 Å². The first-order chi connectivity index (χ1) is 28.6. The first kappa shape index (κ1) is 35.6. The number of esters is 2. The Morgan fingerprint density at radius 2 is 1.08 bits per heavy atom. The molecule has 0 saturated carbocycles. The van der Waals surface area contributed by atoms with Gasteiger partial charge < -0.3 is 9.47 Å². The van der Waals surface area contributed by atoms with Crippen LogP contribution in [0.15, 0.2) is 139 Å². The second-order valence-electron chi connectivity index (χ2n) is 15.3. The highest BCUT2D eigenvalue weighted by Gasteiger charge is 2.45. The van der Waals surface area contributed by atoms with E-state index in [1.165, 1.54) is 0 Å². The molecule has 59 heavy (non-hydrogen) atoms. The van der Waals surface area contributed by atoms with Crippen molar-refractivity contribution in [3.8, 4) is 24.2 Å². The molecule has 10 rings (SSSR count). The minimum Gasteiger partial charge on any atom is -0.446 e. The van der Waals surface area contributed by atoms with E-state index in [0.29, 0.717) is 44.6 Å². The standard InChI is InChI=1S/C53H32O6/c1-5-53(3,4)59-52(57)48-46-38-28-27-30(34-21-14-24-37(42(34)38)44(46)41(50(48)55)33-17-10-7-11-18-33)26-25-29(2)58-51(56)47-45-36-23-13-20-31-19-12-22-35(39(31)36)43(45)40(49(47)54)32-15-8-6-9-16-32/h1,6-24,27-29H,2-4H3. The van der Waals surface area contributed by atoms with Crippen molar-refractivity contribution in [2.75, 3.05) is 0 Å². The van der Waals surface area contributed by atoms with Crippen LogP contribution in [0.1, 0.15) is 59.7 Å². The summed E-state index contributed by atoms with van der Waals surface area (Å²) in [6, 6.07) is 40.1. The number of hydrogen-bond donors (Lipinski definition) is 0. The van der Waals surface area contributed by atoms with Gasteiger partial charge in [-0.15, -0.1) is 6.42 Å². The van der Waals surface area contributed by atoms with Crippen LogP contribution in [0.25, 0.3) is 55.0 Å². The molecule has 0 bridgehead atoms. The quantitative estimate of drug-likeness (QED) is 0.0955. The van der Waals surface area contributed by atoms with Crippen LogP contribution < -0.4 is 0 Å². The number of Topliss-reactive ketones (excluding diaryl/α,β-unsaturated/α-hetero) is 2. The zero-order valence-corrected chi connectivity index (χ0v) is 32.2. The van der Waals surface area contributed by atoms with Crippen LogP contribution in [0.2, 0.25) is 0 Å². The second-order valence-corrected chi connectivity index (χ2v) is 15.3. The number of terminal acetylenes is 1. The van der Waals surface area contributed by atoms with E-state index in [1.807, 2.05) is 127 Å². The summed E-state index contributed by atoms with van der Waals surface area (Å²) in [5.41, 5.74) is 7.39. The topological polar surface area (TPSA) is 86.7 Å². The molecule has 1 atom stereocenters. The average molecular weight is 765 g/mol. The summed E-state index contributed by atoms with van der Waals surface area (Å²) in [6.45, 7) is 4.88. The number of allylic oxidation sites excluding steroid dienone is 6. The molecular weight excluding hydrogens is 733 g/mol. The predicted octanol–water partition coefficient (Wildman–Crippen LogP) is 9.45. The van der Waals surface area contributed by atoms with Crippen molar-refractivity contribution < 1.29 is 28.7 Å². The van der Waals surface area contributed by atoms with Gasteiger partial charge in [-0.25, -0.2) is 9.59 Å². The minimum absolute atomic E-state index is 0.00152. The summed E-state index contributed by atoms with van der Waals surface area (Å²) >= 11 is 0. The summed E-state index contributed by atoms with van der Waals surface area (Å²) in [7, 11) is 0. The first-order valence-electron chi connectivity index (χ1n) is 19.3. The summed E-state index contributed by atoms with van der Waals surface area (Å²) < 4.78 is 11.7. The molecule has 6 aromatic rings. The summed E-state index contributed by atoms with van der Waals surface area (Å²) in [6.07, 6.45) is 4.77. The van der Waals surface area contributed by atoms with Gasteiger partial charge in [0.05, 0.1) is 0 Å². The number of rotatable bonds is 6. The normalized spacial score (nSPS) is 15.4. The van der Waals surface area contributed by atoms with Gasteiger partial charge in [0.2, 0.25) is 11.6 Å². The molecule has 0 saturated heterocycles. The SMILES string of the molecule is C#CC(C)(C)OC(=O)C1=C2C(=C(c3ccccc3)C1=O)c1cccc3c(C#CC(C)OC(=O)C4=C5C(=C(c6ccccc6)C4=O)c4cccc6cccc5c46)ccc2c13. The van der Waals surface area contributed by atoms with Gasteiger partial charge in [0.25, 0.3) is 0 Å². The molecular formula is C53H32O6. The number of ketones is 2. The third kappa shape index (κ3) is 5.31. The molecule has 6 heteroatoms. The molecule has 0 fully saturated rings. The molecule has 0 amide bonds. The fourth-order valence-corrected chi connectivity index (χ4v) is 8.86.